The van der Waals surface area contributed by atoms with Gasteiger partial charge in [0.15, 0.2) is 12.5 Å². The fraction of sp³-hybridized carbons (Fsp3) is 0.733. The molecule has 0 saturated carbocycles. The van der Waals surface area contributed by atoms with Gasteiger partial charge in [-0.15, -0.1) is 0 Å². The van der Waals surface area contributed by atoms with E-state index in [9.17, 15) is 54.0 Å². The van der Waals surface area contributed by atoms with Crippen LogP contribution < -0.4 is 11.2 Å². The fourth-order valence-corrected chi connectivity index (χ4v) is 5.45. The average Bonchev–Trinajstić information content (AvgIpc) is 3.02. The Morgan fingerprint density at radius 1 is 0.971 bits per heavy atom. The number of H-pyrrole nitrogens is 1. The van der Waals surface area contributed by atoms with E-state index >= 15 is 0 Å². The Balaban J connectivity index is 1.61. The third kappa shape index (κ3) is 6.51. The number of aromatic amines is 1. The van der Waals surface area contributed by atoms with Crippen LogP contribution in [0.5, 0.6) is 0 Å². The van der Waals surface area contributed by atoms with Crippen LogP contribution in [-0.4, -0.2) is 100 Å². The van der Waals surface area contributed by atoms with Crippen LogP contribution in [0.15, 0.2) is 21.9 Å². The van der Waals surface area contributed by atoms with Crippen molar-refractivity contribution >= 4 is 15.6 Å². The highest BCUT2D eigenvalue weighted by molar-refractivity contribution is 7.61. The molecule has 20 heteroatoms. The molecule has 0 spiro atoms. The van der Waals surface area contributed by atoms with Crippen molar-refractivity contribution in [2.24, 2.45) is 0 Å². The molecule has 3 rings (SSSR count). The number of nitrogens with one attached hydrogen (secondary N) is 1. The Morgan fingerprint density at radius 2 is 1.63 bits per heavy atom. The summed E-state index contributed by atoms with van der Waals surface area (Å²) in [6.45, 7) is 0.250. The highest BCUT2D eigenvalue weighted by Crippen LogP contribution is 2.61. The van der Waals surface area contributed by atoms with Crippen LogP contribution in [0.25, 0.3) is 0 Å². The van der Waals surface area contributed by atoms with Crippen molar-refractivity contribution in [3.8, 4) is 0 Å². The molecule has 2 aliphatic rings. The molecule has 5 unspecified atom stereocenters. The van der Waals surface area contributed by atoms with Crippen molar-refractivity contribution in [3.63, 3.8) is 0 Å². The highest BCUT2D eigenvalue weighted by atomic mass is 31.3. The average molecular weight is 550 g/mol. The molecule has 2 saturated heterocycles. The fourth-order valence-electron chi connectivity index (χ4n) is 3.30. The van der Waals surface area contributed by atoms with Gasteiger partial charge in [-0.25, -0.2) is 13.9 Å². The minimum atomic E-state index is -5.50. The SMILES string of the molecule is CC1O[C@H](OP(=O)(O)OP(=O)(O)OC[C@H]2O[C@@H](n3ccc(=O)[nH]c3=O)C(O)[C@H]2O)C(O)[C@@H](O)[C@@H]1O. The van der Waals surface area contributed by atoms with E-state index in [1.165, 1.54) is 6.92 Å². The van der Waals surface area contributed by atoms with Crippen LogP contribution >= 0.6 is 15.6 Å². The number of rotatable bonds is 8. The first-order valence-corrected chi connectivity index (χ1v) is 12.8. The smallest absolute Gasteiger partial charge is 0.388 e. The Kier molecular flexibility index (Phi) is 8.52. The monoisotopic (exact) mass is 550 g/mol. The first kappa shape index (κ1) is 28.2. The summed E-state index contributed by atoms with van der Waals surface area (Å²) in [4.78, 5) is 44.5. The first-order chi connectivity index (χ1) is 16.1. The van der Waals surface area contributed by atoms with Crippen molar-refractivity contribution in [3.05, 3.63) is 33.1 Å². The van der Waals surface area contributed by atoms with Crippen LogP contribution in [0.3, 0.4) is 0 Å². The number of hydrogen-bond acceptors (Lipinski definition) is 14. The second kappa shape index (κ2) is 10.6. The predicted molar refractivity (Wildman–Crippen MR) is 107 cm³/mol. The number of hydrogen-bond donors (Lipinski definition) is 8. The zero-order valence-corrected chi connectivity index (χ0v) is 19.5. The number of phosphoric acid groups is 2. The molecule has 0 aliphatic carbocycles. The maximum absolute atomic E-state index is 12.1. The van der Waals surface area contributed by atoms with Gasteiger partial charge in [0, 0.05) is 12.3 Å². The predicted octanol–water partition coefficient (Wildman–Crippen LogP) is -3.77. The second-order valence-corrected chi connectivity index (χ2v) is 10.7. The highest BCUT2D eigenvalue weighted by Gasteiger charge is 2.49. The van der Waals surface area contributed by atoms with Gasteiger partial charge in [0.1, 0.15) is 36.6 Å². The minimum absolute atomic E-state index is 0.737. The van der Waals surface area contributed by atoms with Gasteiger partial charge in [0.25, 0.3) is 5.56 Å². The summed E-state index contributed by atoms with van der Waals surface area (Å²) in [5.41, 5.74) is -1.72. The molecule has 0 bridgehead atoms. The van der Waals surface area contributed by atoms with E-state index in [4.69, 9.17) is 9.47 Å². The molecule has 0 aromatic carbocycles. The summed E-state index contributed by atoms with van der Waals surface area (Å²) < 4.78 is 48.3. The summed E-state index contributed by atoms with van der Waals surface area (Å²) in [5.74, 6) is 0. The van der Waals surface area contributed by atoms with Crippen LogP contribution in [-0.2, 0) is 32.0 Å². The van der Waals surface area contributed by atoms with Gasteiger partial charge in [-0.05, 0) is 6.92 Å². The summed E-state index contributed by atoms with van der Waals surface area (Å²) in [5, 5.41) is 49.4. The van der Waals surface area contributed by atoms with E-state index in [1.807, 2.05) is 4.98 Å². The Bertz CT molecular complexity index is 1110. The maximum Gasteiger partial charge on any atom is 0.483 e. The van der Waals surface area contributed by atoms with Gasteiger partial charge in [0.2, 0.25) is 0 Å². The largest absolute Gasteiger partial charge is 0.483 e. The van der Waals surface area contributed by atoms with Crippen LogP contribution in [0, 0.1) is 0 Å². The lowest BCUT2D eigenvalue weighted by Crippen LogP contribution is -2.57. The third-order valence-corrected chi connectivity index (χ3v) is 7.72. The van der Waals surface area contributed by atoms with Gasteiger partial charge in [0.05, 0.1) is 12.7 Å². The number of nitrogens with zero attached hydrogens (tertiary/aromatic N) is 1. The molecular weight excluding hydrogens is 526 g/mol. The number of aliphatic hydroxyl groups excluding tert-OH is 5. The van der Waals surface area contributed by atoms with E-state index in [1.54, 1.807) is 0 Å². The maximum atomic E-state index is 12.1. The number of aliphatic hydroxyl groups is 5. The number of aromatic nitrogens is 2. The van der Waals surface area contributed by atoms with Gasteiger partial charge in [-0.3, -0.25) is 23.4 Å². The quantitative estimate of drug-likeness (QED) is 0.144. The van der Waals surface area contributed by atoms with E-state index in [0.717, 1.165) is 16.8 Å². The Morgan fingerprint density at radius 3 is 2.26 bits per heavy atom. The van der Waals surface area contributed by atoms with Gasteiger partial charge in [-0.1, -0.05) is 0 Å². The van der Waals surface area contributed by atoms with E-state index < -0.39 is 88.7 Å². The lowest BCUT2D eigenvalue weighted by molar-refractivity contribution is -0.271. The molecule has 0 radical (unpaired) electrons. The van der Waals surface area contributed by atoms with E-state index in [0.29, 0.717) is 0 Å². The Labute approximate surface area is 195 Å². The molecule has 1 aromatic rings. The van der Waals surface area contributed by atoms with Crippen LogP contribution in [0.2, 0.25) is 0 Å². The van der Waals surface area contributed by atoms with Crippen molar-refractivity contribution in [2.75, 3.05) is 6.61 Å². The normalized spacial score (nSPS) is 39.1. The molecule has 8 N–H and O–H groups in total. The molecule has 35 heavy (non-hydrogen) atoms. The van der Waals surface area contributed by atoms with E-state index in [-0.39, 0.29) is 0 Å². The van der Waals surface area contributed by atoms with E-state index in [2.05, 4.69) is 13.4 Å². The van der Waals surface area contributed by atoms with Gasteiger partial charge in [-0.2, -0.15) is 4.31 Å². The standard InChI is InChI=1S/C15H24N2O16P2/c1-5-8(19)10(21)12(23)14(30-5)32-35(27,28)33-34(25,26)29-4-6-9(20)11(22)13(31-6)17-3-2-7(18)16-15(17)24/h2-3,5-6,8-14,19-23H,4H2,1H3,(H,25,26)(H,27,28)(H,16,18,24)/t5?,6-,8-,9+,10+,11?,12?,13-,14-/m1/s1. The second-order valence-electron chi connectivity index (χ2n) is 7.66. The lowest BCUT2D eigenvalue weighted by atomic mass is 10.0. The molecular formula is C15H24N2O16P2. The van der Waals surface area contributed by atoms with Crippen LogP contribution in [0.4, 0.5) is 0 Å². The summed E-state index contributed by atoms with van der Waals surface area (Å²) in [6.07, 6.45) is -14.2. The van der Waals surface area contributed by atoms with Crippen molar-refractivity contribution < 1.29 is 67.3 Å². The summed E-state index contributed by atoms with van der Waals surface area (Å²) in [7, 11) is -10.9. The topological polar surface area (TPSA) is 277 Å². The zero-order chi connectivity index (χ0) is 26.3. The lowest BCUT2D eigenvalue weighted by Gasteiger charge is -2.38. The van der Waals surface area contributed by atoms with Crippen molar-refractivity contribution in [1.82, 2.24) is 9.55 Å². The molecule has 0 amide bonds. The molecule has 1 aromatic heterocycles. The Hall–Kier alpha value is -1.34. The third-order valence-electron chi connectivity index (χ3n) is 5.12. The number of phosphoric ester groups is 2. The number of ether oxygens (including phenoxy) is 2. The van der Waals surface area contributed by atoms with Gasteiger partial charge >= 0.3 is 21.3 Å². The molecule has 11 atom stereocenters. The first-order valence-electron chi connectivity index (χ1n) is 9.84. The minimum Gasteiger partial charge on any atom is -0.388 e. The molecule has 3 heterocycles. The summed E-state index contributed by atoms with van der Waals surface area (Å²) in [6, 6.07) is 0.940. The van der Waals surface area contributed by atoms with Crippen molar-refractivity contribution in [1.29, 1.82) is 0 Å². The van der Waals surface area contributed by atoms with Crippen molar-refractivity contribution in [2.45, 2.75) is 62.2 Å². The molecule has 200 valence electrons. The molecule has 2 aliphatic heterocycles. The summed E-state index contributed by atoms with van der Waals surface area (Å²) >= 11 is 0. The van der Waals surface area contributed by atoms with Gasteiger partial charge < -0.3 is 44.8 Å². The van der Waals surface area contributed by atoms with Crippen LogP contribution in [0.1, 0.15) is 13.2 Å². The molecule has 18 nitrogen and oxygen atoms in total. The molecule has 2 fully saturated rings. The zero-order valence-electron chi connectivity index (χ0n) is 17.7.